The molecule has 0 aliphatic heterocycles. The Morgan fingerprint density at radius 3 is 2.30 bits per heavy atom. The summed E-state index contributed by atoms with van der Waals surface area (Å²) in [5.41, 5.74) is 1.65. The van der Waals surface area contributed by atoms with Crippen molar-refractivity contribution < 1.29 is 14.1 Å². The third-order valence-corrected chi connectivity index (χ3v) is 9.36. The summed E-state index contributed by atoms with van der Waals surface area (Å²) in [6.45, 7) is 11.6. The Morgan fingerprint density at radius 2 is 1.78 bits per heavy atom. The molecule has 1 aromatic heterocycles. The molecule has 2 aromatic rings. The maximum Gasteiger partial charge on any atom is 0.311 e. The van der Waals surface area contributed by atoms with Gasteiger partial charge in [0.2, 0.25) is 11.7 Å². The van der Waals surface area contributed by atoms with E-state index < -0.39 is 13.2 Å². The molecule has 1 N–H and O–H groups in total. The van der Waals surface area contributed by atoms with E-state index in [2.05, 4.69) is 44.2 Å². The summed E-state index contributed by atoms with van der Waals surface area (Å²) in [6.07, 6.45) is 0. The van der Waals surface area contributed by atoms with Gasteiger partial charge in [-0.25, -0.2) is 0 Å². The SMILES string of the molecule is COc1ccc([N+](=O)[O-])c(Nc2ccc(CO[Si](C)(C)C(C)(C)C)cc2)n1. The quantitative estimate of drug-likeness (QED) is 0.395. The second kappa shape index (κ2) is 8.06. The van der Waals surface area contributed by atoms with Crippen molar-refractivity contribution in [3.05, 3.63) is 52.1 Å². The number of hydrogen-bond acceptors (Lipinski definition) is 6. The number of ether oxygens (including phenoxy) is 1. The van der Waals surface area contributed by atoms with Crippen LogP contribution in [0.2, 0.25) is 18.1 Å². The number of pyridine rings is 1. The lowest BCUT2D eigenvalue weighted by Crippen LogP contribution is -2.40. The smallest absolute Gasteiger partial charge is 0.311 e. The van der Waals surface area contributed by atoms with Gasteiger partial charge >= 0.3 is 5.69 Å². The molecule has 0 saturated heterocycles. The number of nitrogens with zero attached hydrogens (tertiary/aromatic N) is 2. The van der Waals surface area contributed by atoms with Crippen molar-refractivity contribution in [2.75, 3.05) is 12.4 Å². The van der Waals surface area contributed by atoms with Gasteiger partial charge in [0.25, 0.3) is 0 Å². The van der Waals surface area contributed by atoms with Gasteiger partial charge in [0.05, 0.1) is 18.6 Å². The molecule has 0 unspecified atom stereocenters. The largest absolute Gasteiger partial charge is 0.481 e. The molecule has 146 valence electrons. The number of nitrogens with one attached hydrogen (secondary N) is 1. The third-order valence-electron chi connectivity index (χ3n) is 4.88. The fraction of sp³-hybridized carbons (Fsp3) is 0.421. The fourth-order valence-electron chi connectivity index (χ4n) is 2.09. The minimum Gasteiger partial charge on any atom is -0.481 e. The van der Waals surface area contributed by atoms with Gasteiger partial charge in [0.15, 0.2) is 8.32 Å². The molecule has 0 saturated carbocycles. The lowest BCUT2D eigenvalue weighted by atomic mass is 10.2. The van der Waals surface area contributed by atoms with Gasteiger partial charge < -0.3 is 14.5 Å². The number of anilines is 2. The van der Waals surface area contributed by atoms with E-state index in [-0.39, 0.29) is 16.5 Å². The van der Waals surface area contributed by atoms with E-state index in [9.17, 15) is 10.1 Å². The molecule has 8 heteroatoms. The highest BCUT2D eigenvalue weighted by Gasteiger charge is 2.36. The fourth-order valence-corrected chi connectivity index (χ4v) is 3.05. The van der Waals surface area contributed by atoms with Gasteiger partial charge in [-0.3, -0.25) is 10.1 Å². The van der Waals surface area contributed by atoms with E-state index >= 15 is 0 Å². The van der Waals surface area contributed by atoms with Crippen molar-refractivity contribution in [2.45, 2.75) is 45.5 Å². The zero-order chi connectivity index (χ0) is 20.2. The molecule has 1 aromatic carbocycles. The summed E-state index contributed by atoms with van der Waals surface area (Å²) < 4.78 is 11.3. The standard InChI is InChI=1S/C19H27N3O4Si/c1-19(2,3)27(5,6)26-13-14-7-9-15(10-8-14)20-18-16(22(23)24)11-12-17(21-18)25-4/h7-12H,13H2,1-6H3,(H,20,21). The maximum absolute atomic E-state index is 11.2. The van der Waals surface area contributed by atoms with Gasteiger partial charge in [-0.05, 0) is 35.8 Å². The molecule has 27 heavy (non-hydrogen) atoms. The molecule has 7 nitrogen and oxygen atoms in total. The number of hydrogen-bond donors (Lipinski definition) is 1. The number of aromatic nitrogens is 1. The molecule has 0 atom stereocenters. The van der Waals surface area contributed by atoms with Gasteiger partial charge in [-0.15, -0.1) is 0 Å². The van der Waals surface area contributed by atoms with Gasteiger partial charge in [0, 0.05) is 17.8 Å². The molecule has 0 aliphatic carbocycles. The Hall–Kier alpha value is -2.45. The average molecular weight is 390 g/mol. The highest BCUT2D eigenvalue weighted by Crippen LogP contribution is 2.37. The molecular weight excluding hydrogens is 362 g/mol. The van der Waals surface area contributed by atoms with E-state index in [1.54, 1.807) is 0 Å². The van der Waals surface area contributed by atoms with E-state index in [0.717, 1.165) is 5.56 Å². The summed E-state index contributed by atoms with van der Waals surface area (Å²) in [7, 11) is -0.340. The number of rotatable bonds is 7. The van der Waals surface area contributed by atoms with E-state index in [4.69, 9.17) is 9.16 Å². The van der Waals surface area contributed by atoms with Crippen LogP contribution in [0.4, 0.5) is 17.2 Å². The van der Waals surface area contributed by atoms with Crippen molar-refractivity contribution in [2.24, 2.45) is 0 Å². The molecule has 1 heterocycles. The van der Waals surface area contributed by atoms with Crippen molar-refractivity contribution >= 4 is 25.5 Å². The number of methoxy groups -OCH3 is 1. The Labute approximate surface area is 161 Å². The molecule has 0 aliphatic rings. The van der Waals surface area contributed by atoms with Crippen molar-refractivity contribution in [3.63, 3.8) is 0 Å². The molecule has 0 amide bonds. The predicted molar refractivity (Wildman–Crippen MR) is 109 cm³/mol. The normalized spacial score (nSPS) is 11.9. The van der Waals surface area contributed by atoms with Crippen LogP contribution in [-0.2, 0) is 11.0 Å². The summed E-state index contributed by atoms with van der Waals surface area (Å²) in [6, 6.07) is 10.4. The summed E-state index contributed by atoms with van der Waals surface area (Å²) in [5.74, 6) is 0.451. The third kappa shape index (κ3) is 5.27. The lowest BCUT2D eigenvalue weighted by molar-refractivity contribution is -0.384. The Morgan fingerprint density at radius 1 is 1.15 bits per heavy atom. The van der Waals surface area contributed by atoms with Crippen LogP contribution in [0.3, 0.4) is 0 Å². The van der Waals surface area contributed by atoms with Crippen LogP contribution in [-0.4, -0.2) is 25.3 Å². The first-order valence-corrected chi connectivity index (χ1v) is 11.6. The van der Waals surface area contributed by atoms with Crippen LogP contribution in [0, 0.1) is 10.1 Å². The van der Waals surface area contributed by atoms with Crippen molar-refractivity contribution in [1.82, 2.24) is 4.98 Å². The summed E-state index contributed by atoms with van der Waals surface area (Å²) in [4.78, 5) is 14.9. The van der Waals surface area contributed by atoms with Crippen molar-refractivity contribution in [3.8, 4) is 5.88 Å². The number of benzene rings is 1. The van der Waals surface area contributed by atoms with Crippen LogP contribution >= 0.6 is 0 Å². The Balaban J connectivity index is 2.11. The topological polar surface area (TPSA) is 86.5 Å². The predicted octanol–water partition coefficient (Wildman–Crippen LogP) is 5.26. The van der Waals surface area contributed by atoms with Crippen LogP contribution in [0.5, 0.6) is 5.88 Å². The van der Waals surface area contributed by atoms with Crippen LogP contribution in [0.25, 0.3) is 0 Å². The highest BCUT2D eigenvalue weighted by atomic mass is 28.4. The van der Waals surface area contributed by atoms with Gasteiger partial charge in [0.1, 0.15) is 0 Å². The monoisotopic (exact) mass is 389 g/mol. The maximum atomic E-state index is 11.2. The van der Waals surface area contributed by atoms with E-state index in [1.165, 1.54) is 19.2 Å². The lowest BCUT2D eigenvalue weighted by Gasteiger charge is -2.36. The van der Waals surface area contributed by atoms with E-state index in [1.807, 2.05) is 24.3 Å². The van der Waals surface area contributed by atoms with Crippen LogP contribution < -0.4 is 10.1 Å². The molecule has 2 rings (SSSR count). The molecule has 0 spiro atoms. The summed E-state index contributed by atoms with van der Waals surface area (Å²) >= 11 is 0. The van der Waals surface area contributed by atoms with Crippen molar-refractivity contribution in [1.29, 1.82) is 0 Å². The van der Waals surface area contributed by atoms with Crippen LogP contribution in [0.15, 0.2) is 36.4 Å². The first kappa shape index (κ1) is 20.9. The Bertz CT molecular complexity index is 802. The second-order valence-electron chi connectivity index (χ2n) is 7.85. The summed E-state index contributed by atoms with van der Waals surface area (Å²) in [5, 5.41) is 14.3. The first-order chi connectivity index (χ1) is 12.5. The second-order valence-corrected chi connectivity index (χ2v) is 12.7. The zero-order valence-corrected chi connectivity index (χ0v) is 17.7. The van der Waals surface area contributed by atoms with Gasteiger partial charge in [-0.1, -0.05) is 32.9 Å². The molecule has 0 fully saturated rings. The van der Waals surface area contributed by atoms with Gasteiger partial charge in [-0.2, -0.15) is 4.98 Å². The molecule has 0 radical (unpaired) electrons. The highest BCUT2D eigenvalue weighted by molar-refractivity contribution is 6.74. The molecular formula is C19H27N3O4Si. The van der Waals surface area contributed by atoms with Crippen LogP contribution in [0.1, 0.15) is 26.3 Å². The zero-order valence-electron chi connectivity index (χ0n) is 16.7. The molecule has 0 bridgehead atoms. The Kier molecular flexibility index (Phi) is 6.22. The number of nitro groups is 1. The average Bonchev–Trinajstić information content (AvgIpc) is 2.60. The minimum atomic E-state index is -1.81. The first-order valence-electron chi connectivity index (χ1n) is 8.73. The minimum absolute atomic E-state index is 0.110. The van der Waals surface area contributed by atoms with E-state index in [0.29, 0.717) is 18.2 Å².